The number of guanidine groups is 1. The van der Waals surface area contributed by atoms with Gasteiger partial charge in [0.25, 0.3) is 5.91 Å². The Bertz CT molecular complexity index is 506. The molecule has 22 heavy (non-hydrogen) atoms. The van der Waals surface area contributed by atoms with Crippen LogP contribution < -0.4 is 5.32 Å². The average molecular weight is 418 g/mol. The van der Waals surface area contributed by atoms with E-state index >= 15 is 0 Å². The fourth-order valence-electron chi connectivity index (χ4n) is 2.71. The zero-order chi connectivity index (χ0) is 14.7. The summed E-state index contributed by atoms with van der Waals surface area (Å²) in [7, 11) is 1.82. The Labute approximate surface area is 147 Å². The number of aliphatic imine (C=N–C) groups is 1. The lowest BCUT2D eigenvalue weighted by atomic mass is 9.93. The highest BCUT2D eigenvalue weighted by molar-refractivity contribution is 14.0. The molecule has 2 heterocycles. The molecule has 0 unspecified atom stereocenters. The molecule has 6 nitrogen and oxygen atoms in total. The molecule has 0 atom stereocenters. The van der Waals surface area contributed by atoms with E-state index in [4.69, 9.17) is 4.42 Å². The molecule has 1 saturated carbocycles. The highest BCUT2D eigenvalue weighted by atomic mass is 127. The number of hydrogen-bond donors (Lipinski definition) is 1. The van der Waals surface area contributed by atoms with Crippen LogP contribution in [-0.4, -0.2) is 60.9 Å². The van der Waals surface area contributed by atoms with Crippen molar-refractivity contribution in [2.24, 2.45) is 4.99 Å². The van der Waals surface area contributed by atoms with Crippen LogP contribution in [0.3, 0.4) is 0 Å². The SMILES string of the molecule is CN=C(NC1CCC1)N1CCN(C(=O)c2ccco2)CC1.I. The normalized spacial score (nSPS) is 19.4. The maximum absolute atomic E-state index is 12.2. The minimum Gasteiger partial charge on any atom is -0.459 e. The van der Waals surface area contributed by atoms with Gasteiger partial charge >= 0.3 is 0 Å². The van der Waals surface area contributed by atoms with Gasteiger partial charge < -0.3 is 19.5 Å². The second-order valence-electron chi connectivity index (χ2n) is 5.58. The molecule has 1 aliphatic heterocycles. The minimum atomic E-state index is -0.0263. The molecule has 0 radical (unpaired) electrons. The van der Waals surface area contributed by atoms with E-state index in [0.717, 1.165) is 19.0 Å². The van der Waals surface area contributed by atoms with Gasteiger partial charge in [0.2, 0.25) is 0 Å². The van der Waals surface area contributed by atoms with Gasteiger partial charge in [-0.05, 0) is 31.4 Å². The summed E-state index contributed by atoms with van der Waals surface area (Å²) in [6, 6.07) is 4.03. The van der Waals surface area contributed by atoms with E-state index in [2.05, 4.69) is 15.2 Å². The number of nitrogens with one attached hydrogen (secondary N) is 1. The fourth-order valence-corrected chi connectivity index (χ4v) is 2.71. The molecule has 7 heteroatoms. The van der Waals surface area contributed by atoms with E-state index in [1.165, 1.54) is 25.5 Å². The van der Waals surface area contributed by atoms with Gasteiger partial charge in [0.05, 0.1) is 6.26 Å². The predicted molar refractivity (Wildman–Crippen MR) is 95.7 cm³/mol. The first-order valence-corrected chi connectivity index (χ1v) is 7.59. The Balaban J connectivity index is 0.00000176. The first-order chi connectivity index (χ1) is 10.3. The van der Waals surface area contributed by atoms with Crippen LogP contribution >= 0.6 is 24.0 Å². The van der Waals surface area contributed by atoms with E-state index in [9.17, 15) is 4.79 Å². The Morgan fingerprint density at radius 3 is 2.45 bits per heavy atom. The lowest BCUT2D eigenvalue weighted by Crippen LogP contribution is -2.56. The van der Waals surface area contributed by atoms with Gasteiger partial charge in [0.1, 0.15) is 0 Å². The summed E-state index contributed by atoms with van der Waals surface area (Å²) in [4.78, 5) is 20.6. The van der Waals surface area contributed by atoms with E-state index in [0.29, 0.717) is 24.9 Å². The number of halogens is 1. The zero-order valence-electron chi connectivity index (χ0n) is 12.8. The summed E-state index contributed by atoms with van der Waals surface area (Å²) in [5.41, 5.74) is 0. The second-order valence-corrected chi connectivity index (χ2v) is 5.58. The lowest BCUT2D eigenvalue weighted by Gasteiger charge is -2.38. The fraction of sp³-hybridized carbons (Fsp3) is 0.600. The molecule has 2 fully saturated rings. The predicted octanol–water partition coefficient (Wildman–Crippen LogP) is 1.78. The van der Waals surface area contributed by atoms with E-state index in [1.807, 2.05) is 11.9 Å². The number of piperazine rings is 1. The molecule has 0 spiro atoms. The monoisotopic (exact) mass is 418 g/mol. The van der Waals surface area contributed by atoms with Crippen LogP contribution in [-0.2, 0) is 0 Å². The van der Waals surface area contributed by atoms with Crippen LogP contribution in [0.15, 0.2) is 27.8 Å². The summed E-state index contributed by atoms with van der Waals surface area (Å²) in [6.07, 6.45) is 5.31. The maximum atomic E-state index is 12.2. The Kier molecular flexibility index (Phi) is 6.10. The van der Waals surface area contributed by atoms with Gasteiger partial charge in [0, 0.05) is 39.3 Å². The van der Waals surface area contributed by atoms with Crippen molar-refractivity contribution in [3.8, 4) is 0 Å². The van der Waals surface area contributed by atoms with Crippen LogP contribution in [0.25, 0.3) is 0 Å². The smallest absolute Gasteiger partial charge is 0.289 e. The van der Waals surface area contributed by atoms with Crippen LogP contribution in [0.1, 0.15) is 29.8 Å². The molecule has 2 aliphatic rings. The van der Waals surface area contributed by atoms with Crippen LogP contribution in [0.5, 0.6) is 0 Å². The van der Waals surface area contributed by atoms with Crippen molar-refractivity contribution in [2.45, 2.75) is 25.3 Å². The zero-order valence-corrected chi connectivity index (χ0v) is 15.2. The lowest BCUT2D eigenvalue weighted by molar-refractivity contribution is 0.0656. The van der Waals surface area contributed by atoms with Crippen LogP contribution in [0.4, 0.5) is 0 Å². The summed E-state index contributed by atoms with van der Waals surface area (Å²) in [5.74, 6) is 1.35. The topological polar surface area (TPSA) is 61.1 Å². The van der Waals surface area contributed by atoms with Crippen molar-refractivity contribution < 1.29 is 9.21 Å². The molecule has 1 saturated heterocycles. The molecular weight excluding hydrogens is 395 g/mol. The molecule has 122 valence electrons. The van der Waals surface area contributed by atoms with E-state index < -0.39 is 0 Å². The van der Waals surface area contributed by atoms with Crippen molar-refractivity contribution in [1.82, 2.24) is 15.1 Å². The molecule has 1 aromatic rings. The third-order valence-corrected chi connectivity index (χ3v) is 4.25. The standard InChI is InChI=1S/C15H22N4O2.HI/c1-16-15(17-12-4-2-5-12)19-9-7-18(8-10-19)14(20)13-6-3-11-21-13;/h3,6,11-12H,2,4-5,7-10H2,1H3,(H,16,17);1H. The van der Waals surface area contributed by atoms with Crippen LogP contribution in [0.2, 0.25) is 0 Å². The number of rotatable bonds is 2. The Hall–Kier alpha value is -1.25. The highest BCUT2D eigenvalue weighted by Crippen LogP contribution is 2.18. The summed E-state index contributed by atoms with van der Waals surface area (Å²) < 4.78 is 5.18. The first kappa shape index (κ1) is 17.1. The molecular formula is C15H23IN4O2. The van der Waals surface area contributed by atoms with E-state index in [1.54, 1.807) is 12.1 Å². The third kappa shape index (κ3) is 3.74. The maximum Gasteiger partial charge on any atom is 0.289 e. The number of carbonyl (C=O) groups excluding carboxylic acids is 1. The number of hydrogen-bond acceptors (Lipinski definition) is 3. The number of carbonyl (C=O) groups is 1. The minimum absolute atomic E-state index is 0. The Morgan fingerprint density at radius 1 is 1.27 bits per heavy atom. The molecule has 0 aromatic carbocycles. The number of nitrogens with zero attached hydrogens (tertiary/aromatic N) is 3. The van der Waals surface area contributed by atoms with Crippen molar-refractivity contribution in [2.75, 3.05) is 33.2 Å². The van der Waals surface area contributed by atoms with Gasteiger partial charge in [-0.25, -0.2) is 0 Å². The molecule has 1 amide bonds. The van der Waals surface area contributed by atoms with Crippen molar-refractivity contribution in [3.05, 3.63) is 24.2 Å². The van der Waals surface area contributed by atoms with Crippen molar-refractivity contribution >= 4 is 35.8 Å². The van der Waals surface area contributed by atoms with Gasteiger partial charge in [-0.1, -0.05) is 0 Å². The average Bonchev–Trinajstić information content (AvgIpc) is 3.00. The van der Waals surface area contributed by atoms with Crippen LogP contribution in [0, 0.1) is 0 Å². The van der Waals surface area contributed by atoms with Gasteiger partial charge in [0.15, 0.2) is 11.7 Å². The summed E-state index contributed by atoms with van der Waals surface area (Å²) >= 11 is 0. The first-order valence-electron chi connectivity index (χ1n) is 7.59. The molecule has 0 bridgehead atoms. The number of furan rings is 1. The van der Waals surface area contributed by atoms with E-state index in [-0.39, 0.29) is 29.9 Å². The summed E-state index contributed by atoms with van der Waals surface area (Å²) in [6.45, 7) is 3.01. The summed E-state index contributed by atoms with van der Waals surface area (Å²) in [5, 5.41) is 3.50. The molecule has 1 aromatic heterocycles. The molecule has 1 aliphatic carbocycles. The molecule has 3 rings (SSSR count). The quantitative estimate of drug-likeness (QED) is 0.452. The van der Waals surface area contributed by atoms with Crippen molar-refractivity contribution in [1.29, 1.82) is 0 Å². The largest absolute Gasteiger partial charge is 0.459 e. The third-order valence-electron chi connectivity index (χ3n) is 4.25. The Morgan fingerprint density at radius 2 is 1.95 bits per heavy atom. The van der Waals surface area contributed by atoms with Gasteiger partial charge in [-0.15, -0.1) is 24.0 Å². The molecule has 1 N–H and O–H groups in total. The van der Waals surface area contributed by atoms with Gasteiger partial charge in [-0.2, -0.15) is 0 Å². The highest BCUT2D eigenvalue weighted by Gasteiger charge is 2.27. The van der Waals surface area contributed by atoms with Crippen molar-refractivity contribution in [3.63, 3.8) is 0 Å². The van der Waals surface area contributed by atoms with Gasteiger partial charge in [-0.3, -0.25) is 9.79 Å². The number of amides is 1. The second kappa shape index (κ2) is 7.85.